The summed E-state index contributed by atoms with van der Waals surface area (Å²) in [5.74, 6) is -1.05. The maximum atomic E-state index is 12.2. The van der Waals surface area contributed by atoms with Crippen LogP contribution in [-0.2, 0) is 32.7 Å². The van der Waals surface area contributed by atoms with Crippen LogP contribution in [0.4, 0.5) is 0 Å². The fourth-order valence-electron chi connectivity index (χ4n) is 4.79. The van der Waals surface area contributed by atoms with Gasteiger partial charge in [-0.2, -0.15) is 0 Å². The minimum atomic E-state index is -4.61. The van der Waals surface area contributed by atoms with Gasteiger partial charge in [0.05, 0.1) is 26.4 Å². The van der Waals surface area contributed by atoms with Gasteiger partial charge in [0, 0.05) is 12.8 Å². The average Bonchev–Trinajstić information content (AvgIpc) is 3.05. The standard InChI is InChI=1S/C36H67O10P/c1-3-5-7-8-9-10-11-12-13-14-15-16-17-18-19-20-21-22-23-24-26-28-36(40)46-34(30-38)32-44-47(41,42)43-31-33(29-37)45-35(39)27-25-6-4-2/h11-12,14-15,33-34,37-38H,3-10,13,16-32H2,1-2H3,(H,41,42)/b12-11-,15-14-. The first-order valence-electron chi connectivity index (χ1n) is 18.3. The van der Waals surface area contributed by atoms with Crippen molar-refractivity contribution >= 4 is 19.8 Å². The molecule has 0 bridgehead atoms. The van der Waals surface area contributed by atoms with Gasteiger partial charge >= 0.3 is 19.8 Å². The molecule has 0 saturated heterocycles. The summed E-state index contributed by atoms with van der Waals surface area (Å²) < 4.78 is 32.0. The van der Waals surface area contributed by atoms with Crippen molar-refractivity contribution in [1.29, 1.82) is 0 Å². The first-order valence-corrected chi connectivity index (χ1v) is 19.8. The molecule has 0 radical (unpaired) electrons. The second-order valence-corrected chi connectivity index (χ2v) is 13.7. The van der Waals surface area contributed by atoms with E-state index in [9.17, 15) is 29.3 Å². The highest BCUT2D eigenvalue weighted by Gasteiger charge is 2.27. The normalized spacial score (nSPS) is 14.4. The van der Waals surface area contributed by atoms with E-state index < -0.39 is 58.4 Å². The highest BCUT2D eigenvalue weighted by Crippen LogP contribution is 2.43. The molecule has 0 aliphatic heterocycles. The zero-order valence-electron chi connectivity index (χ0n) is 29.5. The average molecular weight is 691 g/mol. The first kappa shape index (κ1) is 45.5. The van der Waals surface area contributed by atoms with Gasteiger partial charge in [-0.1, -0.05) is 122 Å². The number of ether oxygens (including phenoxy) is 2. The highest BCUT2D eigenvalue weighted by molar-refractivity contribution is 7.47. The van der Waals surface area contributed by atoms with Gasteiger partial charge in [-0.25, -0.2) is 4.57 Å². The summed E-state index contributed by atoms with van der Waals surface area (Å²) in [6.07, 6.45) is 29.8. The van der Waals surface area contributed by atoms with E-state index in [0.717, 1.165) is 44.9 Å². The van der Waals surface area contributed by atoms with Crippen LogP contribution >= 0.6 is 7.82 Å². The summed E-state index contributed by atoms with van der Waals surface area (Å²) in [5, 5.41) is 18.9. The number of unbranched alkanes of at least 4 members (excludes halogenated alkanes) is 16. The molecule has 0 aliphatic carbocycles. The lowest BCUT2D eigenvalue weighted by Gasteiger charge is -2.20. The molecule has 0 heterocycles. The molecule has 0 saturated carbocycles. The molecule has 11 heteroatoms. The van der Waals surface area contributed by atoms with Crippen molar-refractivity contribution in [2.45, 2.75) is 167 Å². The summed E-state index contributed by atoms with van der Waals surface area (Å²) in [6, 6.07) is 0. The number of rotatable bonds is 34. The van der Waals surface area contributed by atoms with Crippen molar-refractivity contribution in [3.63, 3.8) is 0 Å². The van der Waals surface area contributed by atoms with Crippen LogP contribution in [0.1, 0.15) is 155 Å². The van der Waals surface area contributed by atoms with E-state index in [1.165, 1.54) is 70.6 Å². The van der Waals surface area contributed by atoms with Gasteiger partial charge in [-0.05, 0) is 44.9 Å². The Balaban J connectivity index is 3.83. The smallest absolute Gasteiger partial charge is 0.457 e. The maximum absolute atomic E-state index is 12.2. The monoisotopic (exact) mass is 690 g/mol. The van der Waals surface area contributed by atoms with Gasteiger partial charge in [0.25, 0.3) is 0 Å². The molecule has 0 aromatic carbocycles. The molecule has 0 fully saturated rings. The van der Waals surface area contributed by atoms with Crippen molar-refractivity contribution in [2.24, 2.45) is 0 Å². The minimum absolute atomic E-state index is 0.178. The Morgan fingerprint density at radius 3 is 1.36 bits per heavy atom. The van der Waals surface area contributed by atoms with E-state index in [0.29, 0.717) is 12.8 Å². The minimum Gasteiger partial charge on any atom is -0.457 e. The third kappa shape index (κ3) is 31.5. The summed E-state index contributed by atoms with van der Waals surface area (Å²) in [7, 11) is -4.61. The van der Waals surface area contributed by atoms with E-state index in [2.05, 4.69) is 31.2 Å². The predicted octanol–water partition coefficient (Wildman–Crippen LogP) is 8.66. The van der Waals surface area contributed by atoms with Gasteiger partial charge in [-0.15, -0.1) is 0 Å². The van der Waals surface area contributed by atoms with Crippen molar-refractivity contribution in [1.82, 2.24) is 0 Å². The number of aliphatic hydroxyl groups is 2. The number of allylic oxidation sites excluding steroid dienone is 4. The Morgan fingerprint density at radius 1 is 0.574 bits per heavy atom. The van der Waals surface area contributed by atoms with Crippen molar-refractivity contribution in [3.05, 3.63) is 24.3 Å². The zero-order valence-corrected chi connectivity index (χ0v) is 30.4. The number of esters is 2. The van der Waals surface area contributed by atoms with Gasteiger partial charge in [0.15, 0.2) is 0 Å². The Hall–Kier alpha value is -1.55. The molecule has 0 rings (SSSR count). The van der Waals surface area contributed by atoms with Crippen molar-refractivity contribution in [2.75, 3.05) is 26.4 Å². The SMILES string of the molecule is CCCCCCC/C=C\C/C=C\CCCCCCCCCCCC(=O)OC(CO)COP(=O)(O)OCC(CO)OC(=O)CCCCC. The van der Waals surface area contributed by atoms with Crippen LogP contribution in [0.15, 0.2) is 24.3 Å². The molecule has 0 aromatic heterocycles. The third-order valence-corrected chi connectivity index (χ3v) is 8.62. The molecule has 0 amide bonds. The number of phosphoric acid groups is 1. The van der Waals surface area contributed by atoms with E-state index in [4.69, 9.17) is 18.5 Å². The molecule has 3 N–H and O–H groups in total. The van der Waals surface area contributed by atoms with Gasteiger partial charge in [0.1, 0.15) is 12.2 Å². The van der Waals surface area contributed by atoms with Crippen LogP contribution in [0.2, 0.25) is 0 Å². The topological polar surface area (TPSA) is 149 Å². The Kier molecular flexibility index (Phi) is 31.9. The second kappa shape index (κ2) is 33.0. The third-order valence-electron chi connectivity index (χ3n) is 7.67. The van der Waals surface area contributed by atoms with Crippen LogP contribution in [-0.4, -0.2) is 65.7 Å². The van der Waals surface area contributed by atoms with Crippen LogP contribution in [0.25, 0.3) is 0 Å². The number of hydrogen-bond donors (Lipinski definition) is 3. The van der Waals surface area contributed by atoms with Crippen molar-refractivity contribution < 1.29 is 47.8 Å². The summed E-state index contributed by atoms with van der Waals surface area (Å²) in [5.41, 5.74) is 0. The van der Waals surface area contributed by atoms with E-state index in [1.54, 1.807) is 0 Å². The Bertz CT molecular complexity index is 848. The van der Waals surface area contributed by atoms with E-state index >= 15 is 0 Å². The Morgan fingerprint density at radius 2 is 0.936 bits per heavy atom. The zero-order chi connectivity index (χ0) is 34.9. The largest absolute Gasteiger partial charge is 0.472 e. The fourth-order valence-corrected chi connectivity index (χ4v) is 5.57. The summed E-state index contributed by atoms with van der Waals surface area (Å²) in [4.78, 5) is 33.8. The number of aliphatic hydroxyl groups excluding tert-OH is 2. The lowest BCUT2D eigenvalue weighted by molar-refractivity contribution is -0.153. The molecule has 276 valence electrons. The number of hydrogen-bond acceptors (Lipinski definition) is 9. The summed E-state index contributed by atoms with van der Waals surface area (Å²) >= 11 is 0. The Labute approximate surface area is 285 Å². The van der Waals surface area contributed by atoms with Crippen LogP contribution in [0.5, 0.6) is 0 Å². The van der Waals surface area contributed by atoms with E-state index in [1.807, 2.05) is 6.92 Å². The highest BCUT2D eigenvalue weighted by atomic mass is 31.2. The van der Waals surface area contributed by atoms with Crippen LogP contribution in [0.3, 0.4) is 0 Å². The molecule has 3 unspecified atom stereocenters. The molecule has 0 spiro atoms. The maximum Gasteiger partial charge on any atom is 0.472 e. The predicted molar refractivity (Wildman–Crippen MR) is 187 cm³/mol. The summed E-state index contributed by atoms with van der Waals surface area (Å²) in [6.45, 7) is 1.96. The number of phosphoric ester groups is 1. The first-order chi connectivity index (χ1) is 22.8. The number of carbonyl (C=O) groups is 2. The quantitative estimate of drug-likeness (QED) is 0.0259. The molecule has 0 aliphatic rings. The van der Waals surface area contributed by atoms with E-state index in [-0.39, 0.29) is 12.8 Å². The second-order valence-electron chi connectivity index (χ2n) is 12.2. The fraction of sp³-hybridized carbons (Fsp3) is 0.833. The lowest BCUT2D eigenvalue weighted by Crippen LogP contribution is -2.28. The van der Waals surface area contributed by atoms with Crippen molar-refractivity contribution in [3.8, 4) is 0 Å². The van der Waals surface area contributed by atoms with Gasteiger partial charge < -0.3 is 24.6 Å². The van der Waals surface area contributed by atoms with Crippen LogP contribution < -0.4 is 0 Å². The number of carbonyl (C=O) groups excluding carboxylic acids is 2. The van der Waals surface area contributed by atoms with Crippen LogP contribution in [0, 0.1) is 0 Å². The lowest BCUT2D eigenvalue weighted by atomic mass is 10.1. The molecule has 47 heavy (non-hydrogen) atoms. The molecular weight excluding hydrogens is 623 g/mol. The van der Waals surface area contributed by atoms with Gasteiger partial charge in [0.2, 0.25) is 0 Å². The molecule has 0 aromatic rings. The van der Waals surface area contributed by atoms with Gasteiger partial charge in [-0.3, -0.25) is 18.6 Å². The molecule has 3 atom stereocenters. The molecule has 10 nitrogen and oxygen atoms in total. The molecular formula is C36H67O10P.